The summed E-state index contributed by atoms with van der Waals surface area (Å²) in [6.45, 7) is 10.6. The van der Waals surface area contributed by atoms with E-state index in [-0.39, 0.29) is 32.9 Å². The molecule has 1 aliphatic rings. The van der Waals surface area contributed by atoms with Crippen LogP contribution in [0.4, 0.5) is 18.9 Å². The predicted molar refractivity (Wildman–Crippen MR) is 148 cm³/mol. The van der Waals surface area contributed by atoms with E-state index in [1.165, 1.54) is 19.2 Å². The number of rotatable bonds is 9. The van der Waals surface area contributed by atoms with Crippen molar-refractivity contribution in [2.75, 3.05) is 33.2 Å². The van der Waals surface area contributed by atoms with E-state index < -0.39 is 17.6 Å². The molecule has 1 aliphatic heterocycles. The molecule has 0 saturated carbocycles. The summed E-state index contributed by atoms with van der Waals surface area (Å²) in [5.74, 6) is -1.22. The van der Waals surface area contributed by atoms with Crippen molar-refractivity contribution in [2.45, 2.75) is 33.9 Å². The normalized spacial score (nSPS) is 16.0. The number of carbonyl (C=O) groups excluding carboxylic acids is 2. The molecule has 0 fully saturated rings. The number of alkyl halides is 3. The number of carbonyl (C=O) groups is 2. The molecule has 0 saturated heterocycles. The van der Waals surface area contributed by atoms with Gasteiger partial charge < -0.3 is 25.6 Å². The maximum atomic E-state index is 13.2. The average molecular weight is 564 g/mol. The Morgan fingerprint density at radius 1 is 1.18 bits per heavy atom. The van der Waals surface area contributed by atoms with Crippen LogP contribution in [0.15, 0.2) is 45.5 Å². The SMILES string of the molecule is CCN(CC)CCNC(=O)c1c(C)[nH]c(/C=C2/SC(=Nc3cccc(C(F)(F)F)c3)C(C(=O)NC)=C2O)c1C. The summed E-state index contributed by atoms with van der Waals surface area (Å²) in [6.07, 6.45) is -2.96. The van der Waals surface area contributed by atoms with Crippen molar-refractivity contribution in [3.8, 4) is 0 Å². The van der Waals surface area contributed by atoms with Crippen molar-refractivity contribution in [3.05, 3.63) is 68.6 Å². The summed E-state index contributed by atoms with van der Waals surface area (Å²) in [6, 6.07) is 4.41. The first kappa shape index (κ1) is 30.0. The maximum absolute atomic E-state index is 13.2. The second-order valence-corrected chi connectivity index (χ2v) is 9.86. The third-order valence-electron chi connectivity index (χ3n) is 6.34. The molecule has 4 N–H and O–H groups in total. The van der Waals surface area contributed by atoms with E-state index in [2.05, 4.69) is 39.4 Å². The van der Waals surface area contributed by atoms with Gasteiger partial charge in [-0.15, -0.1) is 0 Å². The standard InChI is InChI=1S/C27H32F3N5O3S/c1-6-35(7-2)12-11-32-25(38)21-15(3)19(33-16(21)4)14-20-23(36)22(24(37)31-5)26(39-20)34-18-10-8-9-17(13-18)27(28,29)30/h8-10,13-14,33,36H,6-7,11-12H2,1-5H3,(H,31,37)(H,32,38)/b20-14+,34-26?. The van der Waals surface area contributed by atoms with Gasteiger partial charge in [0.2, 0.25) is 0 Å². The molecule has 0 unspecified atom stereocenters. The number of aryl methyl sites for hydroxylation is 1. The van der Waals surface area contributed by atoms with Crippen LogP contribution >= 0.6 is 11.8 Å². The van der Waals surface area contributed by atoms with Crippen LogP contribution in [-0.2, 0) is 11.0 Å². The van der Waals surface area contributed by atoms with E-state index >= 15 is 0 Å². The molecular weight excluding hydrogens is 531 g/mol. The zero-order valence-corrected chi connectivity index (χ0v) is 23.2. The highest BCUT2D eigenvalue weighted by Gasteiger charge is 2.33. The van der Waals surface area contributed by atoms with Crippen molar-refractivity contribution >= 4 is 40.4 Å². The van der Waals surface area contributed by atoms with Crippen LogP contribution in [0.3, 0.4) is 0 Å². The molecule has 0 radical (unpaired) electrons. The van der Waals surface area contributed by atoms with Gasteiger partial charge in [-0.3, -0.25) is 9.59 Å². The molecule has 1 aromatic heterocycles. The molecule has 12 heteroatoms. The van der Waals surface area contributed by atoms with E-state index in [4.69, 9.17) is 0 Å². The zero-order chi connectivity index (χ0) is 28.9. The maximum Gasteiger partial charge on any atom is 0.416 e. The van der Waals surface area contributed by atoms with Crippen molar-refractivity contribution in [1.29, 1.82) is 0 Å². The molecule has 210 valence electrons. The van der Waals surface area contributed by atoms with Crippen LogP contribution in [0.1, 0.15) is 46.7 Å². The van der Waals surface area contributed by atoms with Gasteiger partial charge in [-0.1, -0.05) is 31.7 Å². The van der Waals surface area contributed by atoms with Gasteiger partial charge in [0.05, 0.1) is 21.7 Å². The third kappa shape index (κ3) is 6.93. The second kappa shape index (κ2) is 12.6. The topological polar surface area (TPSA) is 110 Å². The number of aliphatic hydroxyl groups is 1. The minimum atomic E-state index is -4.55. The number of nitrogens with zero attached hydrogens (tertiary/aromatic N) is 2. The lowest BCUT2D eigenvalue weighted by Gasteiger charge is -2.18. The molecule has 0 aliphatic carbocycles. The van der Waals surface area contributed by atoms with Gasteiger partial charge >= 0.3 is 6.18 Å². The minimum absolute atomic E-state index is 0.0154. The van der Waals surface area contributed by atoms with Crippen molar-refractivity contribution in [1.82, 2.24) is 20.5 Å². The fourth-order valence-electron chi connectivity index (χ4n) is 4.15. The number of nitrogens with one attached hydrogen (secondary N) is 3. The molecule has 2 aromatic rings. The Hall–Kier alpha value is -3.51. The van der Waals surface area contributed by atoms with Crippen LogP contribution in [0.5, 0.6) is 0 Å². The van der Waals surface area contributed by atoms with Gasteiger partial charge in [0.25, 0.3) is 11.8 Å². The van der Waals surface area contributed by atoms with Gasteiger partial charge in [-0.05, 0) is 56.8 Å². The Morgan fingerprint density at radius 2 is 1.87 bits per heavy atom. The minimum Gasteiger partial charge on any atom is -0.506 e. The van der Waals surface area contributed by atoms with Gasteiger partial charge in [-0.2, -0.15) is 13.2 Å². The van der Waals surface area contributed by atoms with Crippen LogP contribution in [0.2, 0.25) is 0 Å². The van der Waals surface area contributed by atoms with Crippen molar-refractivity contribution in [2.24, 2.45) is 4.99 Å². The number of aliphatic imine (C=N–C) groups is 1. The van der Waals surface area contributed by atoms with E-state index in [9.17, 15) is 27.9 Å². The van der Waals surface area contributed by atoms with Crippen molar-refractivity contribution < 1.29 is 27.9 Å². The van der Waals surface area contributed by atoms with E-state index in [1.54, 1.807) is 19.9 Å². The average Bonchev–Trinajstić information content (AvgIpc) is 3.34. The summed E-state index contributed by atoms with van der Waals surface area (Å²) < 4.78 is 39.5. The first-order valence-electron chi connectivity index (χ1n) is 12.4. The highest BCUT2D eigenvalue weighted by atomic mass is 32.2. The lowest BCUT2D eigenvalue weighted by molar-refractivity contribution is -0.137. The largest absolute Gasteiger partial charge is 0.506 e. The van der Waals surface area contributed by atoms with Gasteiger partial charge in [0.1, 0.15) is 16.4 Å². The number of aromatic nitrogens is 1. The van der Waals surface area contributed by atoms with Gasteiger partial charge in [0.15, 0.2) is 0 Å². The third-order valence-corrected chi connectivity index (χ3v) is 7.36. The van der Waals surface area contributed by atoms with Crippen LogP contribution in [0.25, 0.3) is 6.08 Å². The number of aliphatic hydroxyl groups excluding tert-OH is 1. The Balaban J connectivity index is 1.93. The molecule has 39 heavy (non-hydrogen) atoms. The fraction of sp³-hybridized carbons (Fsp3) is 0.370. The van der Waals surface area contributed by atoms with Gasteiger partial charge in [0, 0.05) is 31.5 Å². The predicted octanol–water partition coefficient (Wildman–Crippen LogP) is 5.10. The monoisotopic (exact) mass is 563 g/mol. The molecule has 0 atom stereocenters. The Labute approximate surface area is 229 Å². The van der Waals surface area contributed by atoms with E-state index in [0.29, 0.717) is 29.1 Å². The van der Waals surface area contributed by atoms with E-state index in [1.807, 2.05) is 0 Å². The number of thioether (sulfide) groups is 1. The number of H-pyrrole nitrogens is 1. The number of halogens is 3. The summed E-state index contributed by atoms with van der Waals surface area (Å²) >= 11 is 0.947. The lowest BCUT2D eigenvalue weighted by Crippen LogP contribution is -2.35. The molecule has 0 bridgehead atoms. The number of benzene rings is 1. The number of hydrogen-bond donors (Lipinski definition) is 4. The highest BCUT2D eigenvalue weighted by Crippen LogP contribution is 2.41. The quantitative estimate of drug-likeness (QED) is 0.340. The van der Waals surface area contributed by atoms with Crippen LogP contribution in [0, 0.1) is 13.8 Å². The highest BCUT2D eigenvalue weighted by molar-refractivity contribution is 8.18. The number of aromatic amines is 1. The number of hydrogen-bond acceptors (Lipinski definition) is 6. The summed E-state index contributed by atoms with van der Waals surface area (Å²) in [5.41, 5.74) is 1.27. The van der Waals surface area contributed by atoms with Crippen LogP contribution in [-0.4, -0.2) is 65.1 Å². The molecule has 0 spiro atoms. The fourth-order valence-corrected chi connectivity index (χ4v) is 5.18. The molecule has 1 aromatic carbocycles. The van der Waals surface area contributed by atoms with Gasteiger partial charge in [-0.25, -0.2) is 4.99 Å². The van der Waals surface area contributed by atoms with E-state index in [0.717, 1.165) is 43.5 Å². The first-order valence-corrected chi connectivity index (χ1v) is 13.2. The van der Waals surface area contributed by atoms with Crippen molar-refractivity contribution in [3.63, 3.8) is 0 Å². The molecular formula is C27H32F3N5O3S. The Morgan fingerprint density at radius 3 is 2.49 bits per heavy atom. The summed E-state index contributed by atoms with van der Waals surface area (Å²) in [7, 11) is 1.38. The zero-order valence-electron chi connectivity index (χ0n) is 22.4. The summed E-state index contributed by atoms with van der Waals surface area (Å²) in [4.78, 5) is 35.3. The lowest BCUT2D eigenvalue weighted by atomic mass is 10.1. The summed E-state index contributed by atoms with van der Waals surface area (Å²) in [5, 5.41) is 16.3. The Bertz CT molecular complexity index is 1340. The number of amides is 2. The number of likely N-dealkylation sites (N-methyl/N-ethyl adjacent to an activating group) is 2. The molecule has 2 amide bonds. The van der Waals surface area contributed by atoms with Crippen LogP contribution < -0.4 is 10.6 Å². The molecule has 8 nitrogen and oxygen atoms in total. The molecule has 3 rings (SSSR count). The smallest absolute Gasteiger partial charge is 0.416 e. The first-order chi connectivity index (χ1) is 18.4. The Kier molecular flexibility index (Phi) is 9.68. The second-order valence-electron chi connectivity index (χ2n) is 8.82. The molecule has 2 heterocycles.